The quantitative estimate of drug-likeness (QED) is 0.884. The maximum atomic E-state index is 11.3. The molecule has 1 aromatic carbocycles. The summed E-state index contributed by atoms with van der Waals surface area (Å²) in [6.07, 6.45) is 3.24. The lowest BCUT2D eigenvalue weighted by atomic mass is 9.96. The average molecular weight is 342 g/mol. The number of phenolic OH excluding ortho intramolecular Hbond substituents is 1. The van der Waals surface area contributed by atoms with E-state index in [9.17, 15) is 9.90 Å². The van der Waals surface area contributed by atoms with E-state index in [1.54, 1.807) is 12.1 Å². The van der Waals surface area contributed by atoms with E-state index in [-0.39, 0.29) is 11.9 Å². The van der Waals surface area contributed by atoms with Crippen LogP contribution in [0.2, 0.25) is 0 Å². The molecule has 2 aliphatic heterocycles. The molecule has 0 saturated carbocycles. The van der Waals surface area contributed by atoms with Gasteiger partial charge in [-0.05, 0) is 50.0 Å². The van der Waals surface area contributed by atoms with Crippen molar-refractivity contribution in [2.75, 3.05) is 13.1 Å². The molecule has 7 nitrogen and oxygen atoms in total. The number of carbonyl (C=O) groups is 1. The lowest BCUT2D eigenvalue weighted by molar-refractivity contribution is -0.119. The van der Waals surface area contributed by atoms with Gasteiger partial charge in [-0.15, -0.1) is 0 Å². The van der Waals surface area contributed by atoms with Crippen LogP contribution in [0.5, 0.6) is 5.75 Å². The smallest absolute Gasteiger partial charge is 0.249 e. The first-order valence-corrected chi connectivity index (χ1v) is 8.80. The number of amides is 1. The second-order valence-electron chi connectivity index (χ2n) is 6.87. The largest absolute Gasteiger partial charge is 0.508 e. The van der Waals surface area contributed by atoms with Crippen molar-refractivity contribution in [1.82, 2.24) is 20.4 Å². The number of piperidine rings is 1. The molecule has 7 heteroatoms. The number of phenols is 1. The highest BCUT2D eigenvalue weighted by Crippen LogP contribution is 2.29. The number of benzene rings is 1. The summed E-state index contributed by atoms with van der Waals surface area (Å²) in [5.74, 6) is 1.96. The van der Waals surface area contributed by atoms with E-state index in [4.69, 9.17) is 4.52 Å². The van der Waals surface area contributed by atoms with E-state index in [1.165, 1.54) is 5.56 Å². The first kappa shape index (κ1) is 16.1. The molecule has 132 valence electrons. The van der Waals surface area contributed by atoms with Crippen molar-refractivity contribution >= 4 is 5.91 Å². The molecule has 0 aliphatic carbocycles. The number of rotatable bonds is 4. The minimum atomic E-state index is -0.122. The maximum absolute atomic E-state index is 11.3. The summed E-state index contributed by atoms with van der Waals surface area (Å²) < 4.78 is 5.37. The van der Waals surface area contributed by atoms with Crippen molar-refractivity contribution in [3.8, 4) is 5.75 Å². The van der Waals surface area contributed by atoms with E-state index in [0.717, 1.165) is 44.7 Å². The lowest BCUT2D eigenvalue weighted by Crippen LogP contribution is -2.32. The van der Waals surface area contributed by atoms with Crippen LogP contribution in [0.4, 0.5) is 0 Å². The summed E-state index contributed by atoms with van der Waals surface area (Å²) in [4.78, 5) is 18.3. The Kier molecular flexibility index (Phi) is 4.40. The van der Waals surface area contributed by atoms with E-state index in [0.29, 0.717) is 24.0 Å². The van der Waals surface area contributed by atoms with Gasteiger partial charge in [0, 0.05) is 18.9 Å². The van der Waals surface area contributed by atoms with Crippen molar-refractivity contribution in [2.45, 2.75) is 44.2 Å². The lowest BCUT2D eigenvalue weighted by Gasteiger charge is -2.30. The van der Waals surface area contributed by atoms with Crippen LogP contribution >= 0.6 is 0 Å². The summed E-state index contributed by atoms with van der Waals surface area (Å²) in [6.45, 7) is 2.85. The molecule has 0 bridgehead atoms. The van der Waals surface area contributed by atoms with Crippen LogP contribution in [0.25, 0.3) is 0 Å². The van der Waals surface area contributed by atoms with Gasteiger partial charge in [-0.3, -0.25) is 9.69 Å². The Morgan fingerprint density at radius 3 is 2.64 bits per heavy atom. The van der Waals surface area contributed by atoms with E-state index < -0.39 is 0 Å². The number of aromatic nitrogens is 2. The monoisotopic (exact) mass is 342 g/mol. The van der Waals surface area contributed by atoms with Crippen molar-refractivity contribution in [2.24, 2.45) is 0 Å². The number of hydrogen-bond donors (Lipinski definition) is 2. The first-order chi connectivity index (χ1) is 12.2. The summed E-state index contributed by atoms with van der Waals surface area (Å²) >= 11 is 0. The highest BCUT2D eigenvalue weighted by atomic mass is 16.5. The Bertz CT molecular complexity index is 735. The van der Waals surface area contributed by atoms with Gasteiger partial charge in [0.25, 0.3) is 0 Å². The van der Waals surface area contributed by atoms with Gasteiger partial charge in [-0.1, -0.05) is 17.3 Å². The standard InChI is InChI=1S/C18H22N4O3/c23-14-3-1-12(2-4-14)11-22-9-7-13(8-10-22)17-20-18(25-21-17)15-5-6-16(24)19-15/h1-4,13,15,23H,5-11H2,(H,19,24). The number of nitrogens with one attached hydrogen (secondary N) is 1. The molecule has 1 amide bonds. The number of likely N-dealkylation sites (tertiary alicyclic amines) is 1. The van der Waals surface area contributed by atoms with Crippen molar-refractivity contribution in [3.63, 3.8) is 0 Å². The molecule has 2 saturated heterocycles. The van der Waals surface area contributed by atoms with E-state index >= 15 is 0 Å². The van der Waals surface area contributed by atoms with Crippen LogP contribution in [0, 0.1) is 0 Å². The fourth-order valence-corrected chi connectivity index (χ4v) is 3.56. The first-order valence-electron chi connectivity index (χ1n) is 8.80. The highest BCUT2D eigenvalue weighted by molar-refractivity contribution is 5.78. The fourth-order valence-electron chi connectivity index (χ4n) is 3.56. The average Bonchev–Trinajstić information content (AvgIpc) is 3.27. The summed E-state index contributed by atoms with van der Waals surface area (Å²) in [5, 5.41) is 16.4. The Hall–Kier alpha value is -2.41. The Morgan fingerprint density at radius 1 is 1.20 bits per heavy atom. The molecule has 2 N–H and O–H groups in total. The maximum Gasteiger partial charge on any atom is 0.249 e. The van der Waals surface area contributed by atoms with Gasteiger partial charge < -0.3 is 14.9 Å². The van der Waals surface area contributed by atoms with Crippen LogP contribution in [-0.2, 0) is 11.3 Å². The SMILES string of the molecule is O=C1CCC(c2nc(C3CCN(Cc4ccc(O)cc4)CC3)no2)N1. The van der Waals surface area contributed by atoms with Crippen LogP contribution in [-0.4, -0.2) is 39.1 Å². The fraction of sp³-hybridized carbons (Fsp3) is 0.500. The topological polar surface area (TPSA) is 91.5 Å². The minimum absolute atomic E-state index is 0.0484. The van der Waals surface area contributed by atoms with Gasteiger partial charge in [-0.2, -0.15) is 4.98 Å². The molecule has 2 aromatic rings. The zero-order valence-corrected chi connectivity index (χ0v) is 14.0. The highest BCUT2D eigenvalue weighted by Gasteiger charge is 2.30. The molecule has 3 heterocycles. The van der Waals surface area contributed by atoms with Crippen LogP contribution in [0.3, 0.4) is 0 Å². The van der Waals surface area contributed by atoms with Crippen molar-refractivity contribution in [3.05, 3.63) is 41.5 Å². The Morgan fingerprint density at radius 2 is 1.96 bits per heavy atom. The van der Waals surface area contributed by atoms with Gasteiger partial charge >= 0.3 is 0 Å². The molecule has 1 atom stereocenters. The third-order valence-corrected chi connectivity index (χ3v) is 5.05. The summed E-state index contributed by atoms with van der Waals surface area (Å²) in [7, 11) is 0. The molecular formula is C18H22N4O3. The second-order valence-corrected chi connectivity index (χ2v) is 6.87. The molecule has 1 unspecified atom stereocenters. The third-order valence-electron chi connectivity index (χ3n) is 5.05. The molecule has 1 aromatic heterocycles. The van der Waals surface area contributed by atoms with Gasteiger partial charge in [0.2, 0.25) is 11.8 Å². The number of hydrogen-bond acceptors (Lipinski definition) is 6. The Labute approximate surface area is 146 Å². The minimum Gasteiger partial charge on any atom is -0.508 e. The predicted octanol–water partition coefficient (Wildman–Crippen LogP) is 2.11. The van der Waals surface area contributed by atoms with Gasteiger partial charge in [0.15, 0.2) is 5.82 Å². The van der Waals surface area contributed by atoms with Crippen LogP contribution in [0.1, 0.15) is 54.9 Å². The molecule has 25 heavy (non-hydrogen) atoms. The molecular weight excluding hydrogens is 320 g/mol. The summed E-state index contributed by atoms with van der Waals surface area (Å²) in [6, 6.07) is 7.25. The van der Waals surface area contributed by atoms with Gasteiger partial charge in [0.1, 0.15) is 11.8 Å². The summed E-state index contributed by atoms with van der Waals surface area (Å²) in [5.41, 5.74) is 1.20. The number of carbonyl (C=O) groups excluding carboxylic acids is 1. The number of aromatic hydroxyl groups is 1. The predicted molar refractivity (Wildman–Crippen MR) is 89.8 cm³/mol. The Balaban J connectivity index is 1.32. The van der Waals surface area contributed by atoms with Gasteiger partial charge in [0.05, 0.1) is 0 Å². The molecule has 4 rings (SSSR count). The van der Waals surface area contributed by atoms with Crippen molar-refractivity contribution < 1.29 is 14.4 Å². The van der Waals surface area contributed by atoms with Gasteiger partial charge in [-0.25, -0.2) is 0 Å². The van der Waals surface area contributed by atoms with Crippen molar-refractivity contribution in [1.29, 1.82) is 0 Å². The van der Waals surface area contributed by atoms with Crippen LogP contribution in [0.15, 0.2) is 28.8 Å². The zero-order valence-electron chi connectivity index (χ0n) is 14.0. The number of nitrogens with zero attached hydrogens (tertiary/aromatic N) is 3. The van der Waals surface area contributed by atoms with Crippen LogP contribution < -0.4 is 5.32 Å². The normalized spacial score (nSPS) is 22.2. The van der Waals surface area contributed by atoms with E-state index in [1.807, 2.05) is 12.1 Å². The van der Waals surface area contributed by atoms with E-state index in [2.05, 4.69) is 20.4 Å². The zero-order chi connectivity index (χ0) is 17.2. The molecule has 2 aliphatic rings. The molecule has 0 radical (unpaired) electrons. The second kappa shape index (κ2) is 6.84. The molecule has 0 spiro atoms. The molecule has 2 fully saturated rings. The third kappa shape index (κ3) is 3.66.